The molecular weight excluding hydrogens is 178 g/mol. The predicted molar refractivity (Wildman–Crippen MR) is 48.5 cm³/mol. The van der Waals surface area contributed by atoms with Crippen molar-refractivity contribution in [3.8, 4) is 0 Å². The molecule has 1 aromatic rings. The number of anilines is 1. The first-order valence-corrected chi connectivity index (χ1v) is 4.31. The number of nitrogen functional groups attached to an aromatic ring is 1. The second kappa shape index (κ2) is 5.56. The van der Waals surface area contributed by atoms with Crippen LogP contribution in [0.5, 0.6) is 0 Å². The minimum absolute atomic E-state index is 0.829. The standard InChI is InChI=1S/C7H9N.H2O3S/c1-6-2-4-7(8)5-3-6;1-4(2)3/h2-5H,8H2,1H3;4H,(H,1,2,3). The fraction of sp³-hybridized carbons (Fsp3) is 0.143. The first kappa shape index (κ1) is 10.9. The summed E-state index contributed by atoms with van der Waals surface area (Å²) in [5.41, 5.74) is 7.51. The molecule has 5 heteroatoms. The zero-order valence-corrected chi connectivity index (χ0v) is 7.49. The normalized spacial score (nSPS) is 8.92. The lowest BCUT2D eigenvalue weighted by Gasteiger charge is -1.90. The van der Waals surface area contributed by atoms with Crippen LogP contribution in [0, 0.1) is 6.92 Å². The Hall–Kier alpha value is -1.07. The molecule has 1 rings (SSSR count). The third-order valence-electron chi connectivity index (χ3n) is 1.08. The molecule has 1 aromatic carbocycles. The highest BCUT2D eigenvalue weighted by Crippen LogP contribution is 2.02. The quantitative estimate of drug-likeness (QED) is 0.318. The van der Waals surface area contributed by atoms with Crippen molar-refractivity contribution < 1.29 is 13.0 Å². The van der Waals surface area contributed by atoms with Crippen LogP contribution in [-0.2, 0) is 11.0 Å². The van der Waals surface area contributed by atoms with Crippen molar-refractivity contribution >= 4 is 16.7 Å². The summed E-state index contributed by atoms with van der Waals surface area (Å²) in [4.78, 5) is 0. The molecule has 0 heterocycles. The van der Waals surface area contributed by atoms with Gasteiger partial charge in [-0.05, 0) is 19.1 Å². The Labute approximate surface area is 72.8 Å². The van der Waals surface area contributed by atoms with Gasteiger partial charge in [-0.15, -0.1) is 0 Å². The van der Waals surface area contributed by atoms with Crippen LogP contribution in [0.3, 0.4) is 0 Å². The molecule has 0 radical (unpaired) electrons. The zero-order valence-electron chi connectivity index (χ0n) is 6.60. The van der Waals surface area contributed by atoms with Gasteiger partial charge in [-0.1, -0.05) is 17.7 Å². The second-order valence-corrected chi connectivity index (χ2v) is 2.62. The molecule has 0 aliphatic rings. The Morgan fingerprint density at radius 2 is 1.58 bits per heavy atom. The second-order valence-electron chi connectivity index (χ2n) is 2.15. The van der Waals surface area contributed by atoms with Crippen molar-refractivity contribution in [2.75, 3.05) is 5.73 Å². The van der Waals surface area contributed by atoms with Gasteiger partial charge in [0.1, 0.15) is 0 Å². The summed E-state index contributed by atoms with van der Waals surface area (Å²) in [5, 5.41) is 0. The number of aryl methyl sites for hydroxylation is 1. The molecule has 0 spiro atoms. The summed E-state index contributed by atoms with van der Waals surface area (Å²) in [5.74, 6) is 0. The van der Waals surface area contributed by atoms with E-state index in [2.05, 4.69) is 0 Å². The minimum Gasteiger partial charge on any atom is -0.399 e. The van der Waals surface area contributed by atoms with Crippen LogP contribution >= 0.6 is 0 Å². The van der Waals surface area contributed by atoms with Gasteiger partial charge in [0.25, 0.3) is 11.0 Å². The van der Waals surface area contributed by atoms with E-state index >= 15 is 0 Å². The first-order valence-electron chi connectivity index (χ1n) is 3.18. The summed E-state index contributed by atoms with van der Waals surface area (Å²) in [6, 6.07) is 7.79. The van der Waals surface area contributed by atoms with E-state index in [9.17, 15) is 0 Å². The molecule has 0 amide bonds. The number of benzene rings is 1. The highest BCUT2D eigenvalue weighted by Gasteiger charge is 1.80. The average molecular weight is 189 g/mol. The van der Waals surface area contributed by atoms with Gasteiger partial charge >= 0.3 is 0 Å². The zero-order chi connectivity index (χ0) is 9.56. The van der Waals surface area contributed by atoms with E-state index < -0.39 is 11.0 Å². The molecule has 0 aromatic heterocycles. The van der Waals surface area contributed by atoms with E-state index in [1.54, 1.807) is 0 Å². The van der Waals surface area contributed by atoms with Crippen LogP contribution in [0.4, 0.5) is 5.69 Å². The van der Waals surface area contributed by atoms with Crippen LogP contribution in [0.15, 0.2) is 24.3 Å². The molecule has 0 bridgehead atoms. The maximum absolute atomic E-state index is 8.59. The van der Waals surface area contributed by atoms with Crippen LogP contribution in [0.1, 0.15) is 5.56 Å². The van der Waals surface area contributed by atoms with Crippen LogP contribution < -0.4 is 5.73 Å². The van der Waals surface area contributed by atoms with Gasteiger partial charge in [0, 0.05) is 5.69 Å². The third-order valence-corrected chi connectivity index (χ3v) is 1.08. The van der Waals surface area contributed by atoms with Crippen molar-refractivity contribution in [2.45, 2.75) is 6.92 Å². The van der Waals surface area contributed by atoms with Crippen molar-refractivity contribution in [1.29, 1.82) is 0 Å². The SMILES string of the molecule is Cc1ccc(N)cc1.O=[SH](=O)O. The lowest BCUT2D eigenvalue weighted by atomic mass is 10.2. The lowest BCUT2D eigenvalue weighted by molar-refractivity contribution is 0.509. The Balaban J connectivity index is 0.000000261. The van der Waals surface area contributed by atoms with Gasteiger partial charge in [-0.3, -0.25) is 4.55 Å². The molecule has 0 atom stereocenters. The van der Waals surface area contributed by atoms with E-state index in [-0.39, 0.29) is 0 Å². The molecule has 0 unspecified atom stereocenters. The fourth-order valence-corrected chi connectivity index (χ4v) is 0.566. The average Bonchev–Trinajstić information content (AvgIpc) is 1.94. The van der Waals surface area contributed by atoms with Crippen molar-refractivity contribution in [3.63, 3.8) is 0 Å². The smallest absolute Gasteiger partial charge is 0.254 e. The third kappa shape index (κ3) is 7.04. The Morgan fingerprint density at radius 3 is 1.83 bits per heavy atom. The number of rotatable bonds is 0. The van der Waals surface area contributed by atoms with Gasteiger partial charge in [0.05, 0.1) is 0 Å². The maximum Gasteiger partial charge on any atom is 0.254 e. The maximum atomic E-state index is 8.59. The Bertz CT molecular complexity index is 263. The molecule has 12 heavy (non-hydrogen) atoms. The fourth-order valence-electron chi connectivity index (χ4n) is 0.566. The molecule has 0 saturated carbocycles. The molecule has 3 N–H and O–H groups in total. The van der Waals surface area contributed by atoms with Crippen LogP contribution in [0.2, 0.25) is 0 Å². The molecular formula is C7H11NO3S. The summed E-state index contributed by atoms with van der Waals surface area (Å²) in [7, 11) is -3.12. The Kier molecular flexibility index (Phi) is 5.07. The summed E-state index contributed by atoms with van der Waals surface area (Å²) in [6.07, 6.45) is 0. The van der Waals surface area contributed by atoms with Crippen molar-refractivity contribution in [1.82, 2.24) is 0 Å². The minimum atomic E-state index is -3.12. The summed E-state index contributed by atoms with van der Waals surface area (Å²) in [6.45, 7) is 2.04. The van der Waals surface area contributed by atoms with E-state index in [0.29, 0.717) is 0 Å². The predicted octanol–water partition coefficient (Wildman–Crippen LogP) is 0.648. The monoisotopic (exact) mass is 189 g/mol. The Morgan fingerprint density at radius 1 is 1.25 bits per heavy atom. The van der Waals surface area contributed by atoms with E-state index in [1.165, 1.54) is 5.56 Å². The van der Waals surface area contributed by atoms with Crippen molar-refractivity contribution in [2.24, 2.45) is 0 Å². The number of hydrogen-bond donors (Lipinski definition) is 3. The molecule has 0 aliphatic carbocycles. The molecule has 68 valence electrons. The number of hydrogen-bond acceptors (Lipinski definition) is 3. The largest absolute Gasteiger partial charge is 0.399 e. The lowest BCUT2D eigenvalue weighted by Crippen LogP contribution is -1.81. The summed E-state index contributed by atoms with van der Waals surface area (Å²) < 4.78 is 24.2. The van der Waals surface area contributed by atoms with Gasteiger partial charge in [-0.25, -0.2) is 8.42 Å². The number of thiol groups is 1. The highest BCUT2D eigenvalue weighted by atomic mass is 32.2. The van der Waals surface area contributed by atoms with Crippen molar-refractivity contribution in [3.05, 3.63) is 29.8 Å². The van der Waals surface area contributed by atoms with Gasteiger partial charge in [-0.2, -0.15) is 0 Å². The molecule has 0 fully saturated rings. The van der Waals surface area contributed by atoms with E-state index in [1.807, 2.05) is 31.2 Å². The molecule has 0 saturated heterocycles. The summed E-state index contributed by atoms with van der Waals surface area (Å²) >= 11 is 0. The molecule has 4 nitrogen and oxygen atoms in total. The van der Waals surface area contributed by atoms with Gasteiger partial charge in [0.15, 0.2) is 0 Å². The number of nitrogens with two attached hydrogens (primary N) is 1. The topological polar surface area (TPSA) is 80.4 Å². The first-order chi connectivity index (χ1) is 5.52. The van der Waals surface area contributed by atoms with Gasteiger partial charge < -0.3 is 5.73 Å². The van der Waals surface area contributed by atoms with Crippen LogP contribution in [-0.4, -0.2) is 13.0 Å². The van der Waals surface area contributed by atoms with Crippen LogP contribution in [0.25, 0.3) is 0 Å². The van der Waals surface area contributed by atoms with Gasteiger partial charge in [0.2, 0.25) is 0 Å². The molecule has 0 aliphatic heterocycles. The van der Waals surface area contributed by atoms with E-state index in [4.69, 9.17) is 18.7 Å². The van der Waals surface area contributed by atoms with E-state index in [0.717, 1.165) is 5.69 Å². The highest BCUT2D eigenvalue weighted by molar-refractivity contribution is 7.66.